The molecule has 0 aliphatic carbocycles. The second-order valence-corrected chi connectivity index (χ2v) is 4.54. The number of hydrogen-bond acceptors (Lipinski definition) is 2. The van der Waals surface area contributed by atoms with Crippen molar-refractivity contribution in [2.75, 3.05) is 6.26 Å². The van der Waals surface area contributed by atoms with Gasteiger partial charge in [0.1, 0.15) is 0 Å². The molecule has 74 valence electrons. The molecular formula is C12H14S2. The molecule has 0 amide bonds. The lowest BCUT2D eigenvalue weighted by atomic mass is 10.1. The van der Waals surface area contributed by atoms with Crippen LogP contribution in [0.5, 0.6) is 0 Å². The second kappa shape index (κ2) is 5.32. The van der Waals surface area contributed by atoms with Gasteiger partial charge in [0, 0.05) is 5.57 Å². The first-order valence-electron chi connectivity index (χ1n) is 4.50. The van der Waals surface area contributed by atoms with Gasteiger partial charge in [0.05, 0.1) is 4.20 Å². The van der Waals surface area contributed by atoms with E-state index in [4.69, 9.17) is 12.2 Å². The van der Waals surface area contributed by atoms with E-state index >= 15 is 0 Å². The van der Waals surface area contributed by atoms with Crippen LogP contribution in [0.4, 0.5) is 0 Å². The van der Waals surface area contributed by atoms with Gasteiger partial charge < -0.3 is 0 Å². The van der Waals surface area contributed by atoms with Crippen molar-refractivity contribution in [2.45, 2.75) is 13.8 Å². The van der Waals surface area contributed by atoms with Crippen LogP contribution in [0, 0.1) is 6.92 Å². The zero-order valence-electron chi connectivity index (χ0n) is 8.70. The van der Waals surface area contributed by atoms with Gasteiger partial charge in [-0.25, -0.2) is 0 Å². The molecular weight excluding hydrogens is 208 g/mol. The predicted molar refractivity (Wildman–Crippen MR) is 70.9 cm³/mol. The molecule has 0 aromatic heterocycles. The maximum atomic E-state index is 5.29. The summed E-state index contributed by atoms with van der Waals surface area (Å²) in [5.41, 5.74) is 3.64. The molecule has 0 radical (unpaired) electrons. The Labute approximate surface area is 95.4 Å². The number of hydrogen-bond donors (Lipinski definition) is 0. The lowest BCUT2D eigenvalue weighted by molar-refractivity contribution is 1.46. The third kappa shape index (κ3) is 2.69. The molecule has 14 heavy (non-hydrogen) atoms. The molecule has 1 aromatic rings. The summed E-state index contributed by atoms with van der Waals surface area (Å²) in [5, 5.41) is 0. The van der Waals surface area contributed by atoms with Gasteiger partial charge in [-0.05, 0) is 25.7 Å². The van der Waals surface area contributed by atoms with Crippen LogP contribution >= 0.6 is 24.0 Å². The number of thioether (sulfide) groups is 1. The Morgan fingerprint density at radius 2 is 1.86 bits per heavy atom. The van der Waals surface area contributed by atoms with E-state index in [1.54, 1.807) is 11.8 Å². The summed E-state index contributed by atoms with van der Waals surface area (Å²) < 4.78 is 0.955. The summed E-state index contributed by atoms with van der Waals surface area (Å²) in [6.45, 7) is 4.11. The van der Waals surface area contributed by atoms with Gasteiger partial charge in [-0.2, -0.15) is 0 Å². The van der Waals surface area contributed by atoms with Crippen LogP contribution in [-0.2, 0) is 0 Å². The minimum Gasteiger partial charge on any atom is -0.117 e. The number of allylic oxidation sites excluding steroid dienone is 1. The fourth-order valence-electron chi connectivity index (χ4n) is 1.25. The summed E-state index contributed by atoms with van der Waals surface area (Å²) in [6.07, 6.45) is 4.09. The summed E-state index contributed by atoms with van der Waals surface area (Å²) in [4.78, 5) is 0. The highest BCUT2D eigenvalue weighted by Crippen LogP contribution is 2.21. The van der Waals surface area contributed by atoms with Gasteiger partial charge in [0.2, 0.25) is 0 Å². The van der Waals surface area contributed by atoms with Crippen molar-refractivity contribution in [2.24, 2.45) is 0 Å². The largest absolute Gasteiger partial charge is 0.117 e. The van der Waals surface area contributed by atoms with Crippen molar-refractivity contribution in [3.63, 3.8) is 0 Å². The average molecular weight is 222 g/mol. The van der Waals surface area contributed by atoms with Crippen molar-refractivity contribution in [3.05, 3.63) is 41.5 Å². The van der Waals surface area contributed by atoms with Gasteiger partial charge >= 0.3 is 0 Å². The van der Waals surface area contributed by atoms with E-state index in [0.717, 1.165) is 9.77 Å². The maximum Gasteiger partial charge on any atom is 0.0778 e. The molecule has 0 aliphatic rings. The van der Waals surface area contributed by atoms with Crippen molar-refractivity contribution in [1.29, 1.82) is 0 Å². The summed E-state index contributed by atoms with van der Waals surface area (Å²) >= 11 is 6.91. The fraction of sp³-hybridized carbons (Fsp3) is 0.250. The molecule has 1 rings (SSSR count). The monoisotopic (exact) mass is 222 g/mol. The first-order chi connectivity index (χ1) is 6.69. The molecule has 0 bridgehead atoms. The van der Waals surface area contributed by atoms with Crippen LogP contribution in [0.15, 0.2) is 30.3 Å². The first kappa shape index (κ1) is 11.5. The first-order valence-corrected chi connectivity index (χ1v) is 6.14. The predicted octanol–water partition coefficient (Wildman–Crippen LogP) is 4.09. The highest BCUT2D eigenvalue weighted by molar-refractivity contribution is 8.24. The SMILES string of the molecule is C/C=C(\C(=S)SC)c1ccc(C)cc1. The van der Waals surface area contributed by atoms with Crippen LogP contribution in [0.3, 0.4) is 0 Å². The van der Waals surface area contributed by atoms with Gasteiger partial charge in [-0.3, -0.25) is 0 Å². The molecule has 0 nitrogen and oxygen atoms in total. The maximum absolute atomic E-state index is 5.29. The van der Waals surface area contributed by atoms with Crippen LogP contribution in [-0.4, -0.2) is 10.5 Å². The van der Waals surface area contributed by atoms with E-state index in [2.05, 4.69) is 37.3 Å². The van der Waals surface area contributed by atoms with Crippen molar-refractivity contribution in [3.8, 4) is 0 Å². The van der Waals surface area contributed by atoms with E-state index in [-0.39, 0.29) is 0 Å². The van der Waals surface area contributed by atoms with Crippen molar-refractivity contribution < 1.29 is 0 Å². The molecule has 0 fully saturated rings. The van der Waals surface area contributed by atoms with E-state index < -0.39 is 0 Å². The Hall–Kier alpha value is -0.600. The van der Waals surface area contributed by atoms with Crippen LogP contribution in [0.2, 0.25) is 0 Å². The number of thiocarbonyl (C=S) groups is 1. The Bertz CT molecular complexity index is 347. The second-order valence-electron chi connectivity index (χ2n) is 3.06. The zero-order chi connectivity index (χ0) is 10.6. The number of aryl methyl sites for hydroxylation is 1. The third-order valence-electron chi connectivity index (χ3n) is 2.06. The Balaban J connectivity index is 3.03. The lowest BCUT2D eigenvalue weighted by Crippen LogP contribution is -1.93. The Morgan fingerprint density at radius 1 is 1.29 bits per heavy atom. The zero-order valence-corrected chi connectivity index (χ0v) is 10.3. The highest BCUT2D eigenvalue weighted by atomic mass is 32.2. The van der Waals surface area contributed by atoms with Crippen molar-refractivity contribution >= 4 is 33.7 Å². The topological polar surface area (TPSA) is 0 Å². The molecule has 2 heteroatoms. The molecule has 0 aliphatic heterocycles. The summed E-state index contributed by atoms with van der Waals surface area (Å²) in [7, 11) is 0. The van der Waals surface area contributed by atoms with Gasteiger partial charge in [-0.1, -0.05) is 48.1 Å². The normalized spacial score (nSPS) is 11.5. The average Bonchev–Trinajstić information content (AvgIpc) is 2.21. The van der Waals surface area contributed by atoms with Crippen LogP contribution in [0.25, 0.3) is 5.57 Å². The van der Waals surface area contributed by atoms with Gasteiger partial charge in [-0.15, -0.1) is 11.8 Å². The lowest BCUT2D eigenvalue weighted by Gasteiger charge is -2.06. The van der Waals surface area contributed by atoms with Crippen molar-refractivity contribution in [1.82, 2.24) is 0 Å². The van der Waals surface area contributed by atoms with Gasteiger partial charge in [0.25, 0.3) is 0 Å². The minimum atomic E-state index is 0.955. The molecule has 0 saturated heterocycles. The van der Waals surface area contributed by atoms with E-state index in [1.807, 2.05) is 13.2 Å². The van der Waals surface area contributed by atoms with E-state index in [0.29, 0.717) is 0 Å². The third-order valence-corrected chi connectivity index (χ3v) is 3.37. The Kier molecular flexibility index (Phi) is 4.36. The minimum absolute atomic E-state index is 0.955. The quantitative estimate of drug-likeness (QED) is 0.546. The molecule has 0 N–H and O–H groups in total. The Morgan fingerprint density at radius 3 is 2.29 bits per heavy atom. The van der Waals surface area contributed by atoms with Gasteiger partial charge in [0.15, 0.2) is 0 Å². The molecule has 1 aromatic carbocycles. The highest BCUT2D eigenvalue weighted by Gasteiger charge is 2.04. The van der Waals surface area contributed by atoms with Crippen LogP contribution in [0.1, 0.15) is 18.1 Å². The molecule has 0 heterocycles. The number of rotatable bonds is 2. The smallest absolute Gasteiger partial charge is 0.0778 e. The van der Waals surface area contributed by atoms with E-state index in [1.165, 1.54) is 11.1 Å². The molecule has 0 atom stereocenters. The molecule has 0 unspecified atom stereocenters. The van der Waals surface area contributed by atoms with Crippen LogP contribution < -0.4 is 0 Å². The van der Waals surface area contributed by atoms with E-state index in [9.17, 15) is 0 Å². The number of benzene rings is 1. The standard InChI is InChI=1S/C12H14S2/c1-4-11(12(13)14-3)10-7-5-9(2)6-8-10/h4-8H,1-3H3/b11-4-. The molecule has 0 saturated carbocycles. The summed E-state index contributed by atoms with van der Waals surface area (Å²) in [6, 6.07) is 8.46. The fourth-order valence-corrected chi connectivity index (χ4v) is 1.94. The molecule has 0 spiro atoms. The summed E-state index contributed by atoms with van der Waals surface area (Å²) in [5.74, 6) is 0.